The number of carbonyl (C=O) groups is 1. The quantitative estimate of drug-likeness (QED) is 0.422. The summed E-state index contributed by atoms with van der Waals surface area (Å²) in [5, 5.41) is 12.0. The van der Waals surface area contributed by atoms with Crippen LogP contribution in [0.5, 0.6) is 5.88 Å². The fraction of sp³-hybridized carbons (Fsp3) is 0.120. The molecule has 0 unspecified atom stereocenters. The molecule has 4 heterocycles. The molecule has 5 rings (SSSR count). The van der Waals surface area contributed by atoms with Crippen molar-refractivity contribution in [3.8, 4) is 28.8 Å². The van der Waals surface area contributed by atoms with E-state index in [0.717, 1.165) is 22.0 Å². The summed E-state index contributed by atoms with van der Waals surface area (Å²) in [7, 11) is 3.21. The standard InChI is InChI=1S/C25H19N7O3/c1-31-20-14-28-18-7-5-15(16-6-8-21(29-13-16)30-22(33)9-10-26)12-17(18)23(20)32(25(31)34)19-4-3-11-27-24(19)35-2/h3-8,11-14H,9H2,1-2H3,(H,29,30,33). The molecule has 0 aliphatic heterocycles. The number of nitriles is 1. The maximum Gasteiger partial charge on any atom is 0.333 e. The van der Waals surface area contributed by atoms with E-state index in [9.17, 15) is 9.59 Å². The molecule has 0 bridgehead atoms. The summed E-state index contributed by atoms with van der Waals surface area (Å²) >= 11 is 0. The van der Waals surface area contributed by atoms with Gasteiger partial charge in [-0.1, -0.05) is 6.07 Å². The van der Waals surface area contributed by atoms with Crippen LogP contribution in [0.3, 0.4) is 0 Å². The van der Waals surface area contributed by atoms with Gasteiger partial charge in [0.1, 0.15) is 17.9 Å². The number of anilines is 1. The highest BCUT2D eigenvalue weighted by Gasteiger charge is 2.19. The average Bonchev–Trinajstić information content (AvgIpc) is 3.14. The molecule has 1 amide bonds. The minimum atomic E-state index is -0.417. The van der Waals surface area contributed by atoms with Gasteiger partial charge in [0.05, 0.1) is 35.9 Å². The van der Waals surface area contributed by atoms with Crippen LogP contribution in [0, 0.1) is 11.3 Å². The molecule has 0 saturated carbocycles. The van der Waals surface area contributed by atoms with Crippen LogP contribution >= 0.6 is 0 Å². The van der Waals surface area contributed by atoms with Crippen LogP contribution in [-0.2, 0) is 11.8 Å². The van der Waals surface area contributed by atoms with Crippen LogP contribution in [-0.4, -0.2) is 37.1 Å². The Balaban J connectivity index is 1.68. The number of hydrogen-bond donors (Lipinski definition) is 1. The summed E-state index contributed by atoms with van der Waals surface area (Å²) in [4.78, 5) is 38.0. The Morgan fingerprint density at radius 1 is 1.11 bits per heavy atom. The first-order valence-corrected chi connectivity index (χ1v) is 10.6. The molecule has 0 aliphatic rings. The smallest absolute Gasteiger partial charge is 0.333 e. The third-order valence-corrected chi connectivity index (χ3v) is 5.67. The molecule has 0 radical (unpaired) electrons. The molecular formula is C25H19N7O3. The van der Waals surface area contributed by atoms with Crippen LogP contribution in [0.2, 0.25) is 0 Å². The molecule has 5 aromatic rings. The van der Waals surface area contributed by atoms with E-state index in [0.29, 0.717) is 28.4 Å². The van der Waals surface area contributed by atoms with Crippen molar-refractivity contribution in [2.75, 3.05) is 12.4 Å². The number of pyridine rings is 3. The summed E-state index contributed by atoms with van der Waals surface area (Å²) in [6.45, 7) is 0. The number of nitrogens with one attached hydrogen (secondary N) is 1. The second-order valence-electron chi connectivity index (χ2n) is 7.75. The van der Waals surface area contributed by atoms with Gasteiger partial charge in [-0.25, -0.2) is 14.8 Å². The Morgan fingerprint density at radius 3 is 2.69 bits per heavy atom. The van der Waals surface area contributed by atoms with Crippen molar-refractivity contribution in [1.82, 2.24) is 24.1 Å². The largest absolute Gasteiger partial charge is 0.479 e. The molecule has 0 aliphatic carbocycles. The number of ether oxygens (including phenoxy) is 1. The Kier molecular flexibility index (Phi) is 5.43. The van der Waals surface area contributed by atoms with Crippen molar-refractivity contribution in [3.05, 3.63) is 71.5 Å². The molecule has 0 fully saturated rings. The molecule has 0 atom stereocenters. The van der Waals surface area contributed by atoms with E-state index in [1.165, 1.54) is 7.11 Å². The van der Waals surface area contributed by atoms with E-state index < -0.39 is 5.91 Å². The first-order chi connectivity index (χ1) is 17.0. The molecular weight excluding hydrogens is 446 g/mol. The molecule has 1 N–H and O–H groups in total. The fourth-order valence-electron chi connectivity index (χ4n) is 4.01. The van der Waals surface area contributed by atoms with Gasteiger partial charge in [0, 0.05) is 30.4 Å². The van der Waals surface area contributed by atoms with E-state index in [2.05, 4.69) is 20.3 Å². The first-order valence-electron chi connectivity index (χ1n) is 10.6. The number of rotatable bonds is 5. The average molecular weight is 465 g/mol. The lowest BCUT2D eigenvalue weighted by molar-refractivity contribution is -0.115. The van der Waals surface area contributed by atoms with Crippen LogP contribution in [0.25, 0.3) is 38.8 Å². The molecule has 1 aromatic carbocycles. The number of aromatic nitrogens is 5. The molecule has 0 spiro atoms. The van der Waals surface area contributed by atoms with Crippen LogP contribution in [0.4, 0.5) is 5.82 Å². The van der Waals surface area contributed by atoms with E-state index in [1.54, 1.807) is 59.0 Å². The molecule has 4 aromatic heterocycles. The summed E-state index contributed by atoms with van der Waals surface area (Å²) in [5.41, 5.74) is 4.02. The van der Waals surface area contributed by atoms with E-state index in [4.69, 9.17) is 10.00 Å². The lowest BCUT2D eigenvalue weighted by Gasteiger charge is -2.10. The maximum atomic E-state index is 13.3. The van der Waals surface area contributed by atoms with Gasteiger partial charge in [0.2, 0.25) is 11.8 Å². The zero-order valence-corrected chi connectivity index (χ0v) is 18.9. The lowest BCUT2D eigenvalue weighted by atomic mass is 10.0. The summed E-state index contributed by atoms with van der Waals surface area (Å²) in [6, 6.07) is 14.6. The van der Waals surface area contributed by atoms with Crippen molar-refractivity contribution >= 4 is 33.7 Å². The van der Waals surface area contributed by atoms with Crippen LogP contribution in [0.1, 0.15) is 6.42 Å². The highest BCUT2D eigenvalue weighted by molar-refractivity contribution is 6.04. The van der Waals surface area contributed by atoms with Crippen molar-refractivity contribution < 1.29 is 9.53 Å². The number of benzene rings is 1. The molecule has 10 heteroatoms. The lowest BCUT2D eigenvalue weighted by Crippen LogP contribution is -2.21. The van der Waals surface area contributed by atoms with E-state index >= 15 is 0 Å². The van der Waals surface area contributed by atoms with Gasteiger partial charge in [0.25, 0.3) is 0 Å². The van der Waals surface area contributed by atoms with Gasteiger partial charge in [0.15, 0.2) is 0 Å². The number of carbonyl (C=O) groups excluding carboxylic acids is 1. The van der Waals surface area contributed by atoms with Gasteiger partial charge in [-0.3, -0.25) is 18.9 Å². The maximum absolute atomic E-state index is 13.3. The highest BCUT2D eigenvalue weighted by atomic mass is 16.5. The third-order valence-electron chi connectivity index (χ3n) is 5.67. The van der Waals surface area contributed by atoms with Crippen molar-refractivity contribution in [1.29, 1.82) is 5.26 Å². The van der Waals surface area contributed by atoms with Gasteiger partial charge in [-0.05, 0) is 42.0 Å². The number of aryl methyl sites for hydroxylation is 1. The summed E-state index contributed by atoms with van der Waals surface area (Å²) in [5.74, 6) is 0.278. The topological polar surface area (TPSA) is 128 Å². The highest BCUT2D eigenvalue weighted by Crippen LogP contribution is 2.31. The Bertz CT molecular complexity index is 1700. The summed E-state index contributed by atoms with van der Waals surface area (Å²) in [6.07, 6.45) is 4.69. The van der Waals surface area contributed by atoms with Gasteiger partial charge in [-0.15, -0.1) is 0 Å². The predicted molar refractivity (Wildman–Crippen MR) is 130 cm³/mol. The fourth-order valence-corrected chi connectivity index (χ4v) is 4.01. The van der Waals surface area contributed by atoms with Gasteiger partial charge < -0.3 is 10.1 Å². The zero-order valence-electron chi connectivity index (χ0n) is 18.9. The van der Waals surface area contributed by atoms with Crippen LogP contribution < -0.4 is 15.7 Å². The number of amides is 1. The van der Waals surface area contributed by atoms with Gasteiger partial charge in [-0.2, -0.15) is 5.26 Å². The van der Waals surface area contributed by atoms with Crippen molar-refractivity contribution in [2.45, 2.75) is 6.42 Å². The minimum Gasteiger partial charge on any atom is -0.479 e. The zero-order chi connectivity index (χ0) is 24.5. The second kappa shape index (κ2) is 8.72. The normalized spacial score (nSPS) is 10.9. The number of methoxy groups -OCH3 is 1. The number of imidazole rings is 1. The second-order valence-corrected chi connectivity index (χ2v) is 7.75. The SMILES string of the molecule is COc1ncccc1-n1c(=O)n(C)c2cnc3ccc(-c4ccc(NC(=O)CC#N)nc4)cc3c21. The number of hydrogen-bond acceptors (Lipinski definition) is 7. The Labute approximate surface area is 199 Å². The number of nitrogens with zero attached hydrogens (tertiary/aromatic N) is 6. The molecule has 0 saturated heterocycles. The minimum absolute atomic E-state index is 0.238. The van der Waals surface area contributed by atoms with Crippen LogP contribution in [0.15, 0.2) is 65.8 Å². The Morgan fingerprint density at radius 2 is 1.94 bits per heavy atom. The van der Waals surface area contributed by atoms with Crippen molar-refractivity contribution in [3.63, 3.8) is 0 Å². The van der Waals surface area contributed by atoms with E-state index in [-0.39, 0.29) is 12.1 Å². The monoisotopic (exact) mass is 465 g/mol. The van der Waals surface area contributed by atoms with Gasteiger partial charge >= 0.3 is 5.69 Å². The van der Waals surface area contributed by atoms with E-state index in [1.807, 2.05) is 24.3 Å². The predicted octanol–water partition coefficient (Wildman–Crippen LogP) is 3.20. The first kappa shape index (κ1) is 21.8. The third kappa shape index (κ3) is 3.75. The molecule has 35 heavy (non-hydrogen) atoms. The number of fused-ring (bicyclic) bond motifs is 3. The Hall–Kier alpha value is -5.04. The summed E-state index contributed by atoms with van der Waals surface area (Å²) < 4.78 is 8.55. The van der Waals surface area contributed by atoms with Crippen molar-refractivity contribution in [2.24, 2.45) is 7.05 Å². The molecule has 172 valence electrons. The molecule has 10 nitrogen and oxygen atoms in total.